The Hall–Kier alpha value is -0.610. The lowest BCUT2D eigenvalue weighted by atomic mass is 9.90. The van der Waals surface area contributed by atoms with Crippen LogP contribution in [0.25, 0.3) is 0 Å². The van der Waals surface area contributed by atoms with Gasteiger partial charge in [0.1, 0.15) is 0 Å². The van der Waals surface area contributed by atoms with Crippen molar-refractivity contribution in [3.8, 4) is 0 Å². The van der Waals surface area contributed by atoms with Crippen LogP contribution in [-0.4, -0.2) is 49.8 Å². The summed E-state index contributed by atoms with van der Waals surface area (Å²) >= 11 is 0. The highest BCUT2D eigenvalue weighted by Crippen LogP contribution is 2.31. The van der Waals surface area contributed by atoms with Crippen molar-refractivity contribution in [3.63, 3.8) is 0 Å². The predicted octanol–water partition coefficient (Wildman–Crippen LogP) is 2.36. The minimum Gasteiger partial charge on any atom is -0.468 e. The third kappa shape index (κ3) is 3.93. The number of hydrogen-bond acceptors (Lipinski definition) is 4. The number of hydrogen-bond donors (Lipinski definition) is 0. The third-order valence-electron chi connectivity index (χ3n) is 4.73. The summed E-state index contributed by atoms with van der Waals surface area (Å²) in [5.41, 5.74) is 0. The molecule has 0 aromatic carbocycles. The van der Waals surface area contributed by atoms with Crippen molar-refractivity contribution < 1.29 is 14.3 Å². The molecule has 2 atom stereocenters. The average molecular weight is 269 g/mol. The molecule has 0 N–H and O–H groups in total. The van der Waals surface area contributed by atoms with Gasteiger partial charge in [0.2, 0.25) is 0 Å². The minimum atomic E-state index is -0.105. The number of esters is 1. The number of ether oxygens (including phenoxy) is 2. The molecule has 2 aliphatic rings. The Balaban J connectivity index is 2.00. The van der Waals surface area contributed by atoms with Crippen LogP contribution in [0.2, 0.25) is 0 Å². The molecule has 4 heteroatoms. The zero-order valence-corrected chi connectivity index (χ0v) is 12.3. The topological polar surface area (TPSA) is 38.8 Å². The molecule has 0 spiro atoms. The van der Waals surface area contributed by atoms with Gasteiger partial charge in [0.25, 0.3) is 0 Å². The Labute approximate surface area is 116 Å². The van der Waals surface area contributed by atoms with Gasteiger partial charge in [0.05, 0.1) is 19.8 Å². The summed E-state index contributed by atoms with van der Waals surface area (Å²) in [6, 6.07) is 1.06. The maximum absolute atomic E-state index is 11.7. The summed E-state index contributed by atoms with van der Waals surface area (Å²) in [5, 5.41) is 0. The fraction of sp³-hybridized carbons (Fsp3) is 0.933. The van der Waals surface area contributed by atoms with Crippen LogP contribution in [0, 0.1) is 0 Å². The van der Waals surface area contributed by atoms with Crippen LogP contribution < -0.4 is 0 Å². The molecule has 110 valence electrons. The summed E-state index contributed by atoms with van der Waals surface area (Å²) in [6.07, 6.45) is 10.0. The molecule has 0 aromatic heterocycles. The van der Waals surface area contributed by atoms with Crippen LogP contribution in [0.1, 0.15) is 51.4 Å². The van der Waals surface area contributed by atoms with Crippen molar-refractivity contribution >= 4 is 5.97 Å². The lowest BCUT2D eigenvalue weighted by Crippen LogP contribution is -2.48. The van der Waals surface area contributed by atoms with Gasteiger partial charge in [0.15, 0.2) is 0 Å². The molecule has 0 saturated heterocycles. The Morgan fingerprint density at radius 1 is 1.05 bits per heavy atom. The first kappa shape index (κ1) is 14.8. The Bertz CT molecular complexity index is 289. The summed E-state index contributed by atoms with van der Waals surface area (Å²) in [6.45, 7) is 0.447. The lowest BCUT2D eigenvalue weighted by molar-refractivity contribution is -0.144. The second-order valence-corrected chi connectivity index (χ2v) is 5.86. The van der Waals surface area contributed by atoms with Crippen molar-refractivity contribution in [2.75, 3.05) is 20.8 Å². The van der Waals surface area contributed by atoms with E-state index < -0.39 is 0 Å². The zero-order chi connectivity index (χ0) is 13.7. The minimum absolute atomic E-state index is 0.105. The summed E-state index contributed by atoms with van der Waals surface area (Å²) < 4.78 is 10.4. The van der Waals surface area contributed by atoms with E-state index in [1.165, 1.54) is 45.6 Å². The highest BCUT2D eigenvalue weighted by Gasteiger charge is 2.33. The molecule has 0 heterocycles. The van der Waals surface area contributed by atoms with Gasteiger partial charge in [-0.1, -0.05) is 12.8 Å². The molecular weight excluding hydrogens is 242 g/mol. The molecule has 0 bridgehead atoms. The number of rotatable bonds is 5. The molecule has 2 fully saturated rings. The molecule has 2 rings (SSSR count). The molecule has 2 unspecified atom stereocenters. The fourth-order valence-electron chi connectivity index (χ4n) is 3.64. The Morgan fingerprint density at radius 3 is 2.37 bits per heavy atom. The van der Waals surface area contributed by atoms with Crippen LogP contribution in [0.15, 0.2) is 0 Å². The van der Waals surface area contributed by atoms with Gasteiger partial charge >= 0.3 is 5.97 Å². The van der Waals surface area contributed by atoms with Gasteiger partial charge < -0.3 is 9.47 Å². The van der Waals surface area contributed by atoms with Crippen molar-refractivity contribution in [1.82, 2.24) is 4.90 Å². The molecule has 2 aliphatic carbocycles. The van der Waals surface area contributed by atoms with Crippen molar-refractivity contribution in [3.05, 3.63) is 0 Å². The molecule has 19 heavy (non-hydrogen) atoms. The van der Waals surface area contributed by atoms with E-state index >= 15 is 0 Å². The van der Waals surface area contributed by atoms with E-state index in [0.29, 0.717) is 24.7 Å². The van der Waals surface area contributed by atoms with E-state index in [0.717, 1.165) is 12.8 Å². The second-order valence-electron chi connectivity index (χ2n) is 5.86. The van der Waals surface area contributed by atoms with Crippen LogP contribution in [0.4, 0.5) is 0 Å². The number of carbonyl (C=O) groups is 1. The monoisotopic (exact) mass is 269 g/mol. The molecule has 4 nitrogen and oxygen atoms in total. The van der Waals surface area contributed by atoms with Crippen LogP contribution in [0.3, 0.4) is 0 Å². The van der Waals surface area contributed by atoms with E-state index in [2.05, 4.69) is 4.90 Å². The highest BCUT2D eigenvalue weighted by molar-refractivity contribution is 5.71. The SMILES string of the molecule is COC(=O)CN(C1CCCC1)C1CCCC(OC)C1. The number of carbonyl (C=O) groups excluding carboxylic acids is 1. The summed E-state index contributed by atoms with van der Waals surface area (Å²) in [7, 11) is 3.28. The summed E-state index contributed by atoms with van der Waals surface area (Å²) in [5.74, 6) is -0.105. The first-order valence-corrected chi connectivity index (χ1v) is 7.60. The highest BCUT2D eigenvalue weighted by atomic mass is 16.5. The lowest BCUT2D eigenvalue weighted by Gasteiger charge is -2.39. The average Bonchev–Trinajstić information content (AvgIpc) is 2.98. The number of nitrogens with zero attached hydrogens (tertiary/aromatic N) is 1. The van der Waals surface area contributed by atoms with Crippen LogP contribution in [0.5, 0.6) is 0 Å². The van der Waals surface area contributed by atoms with Gasteiger partial charge in [-0.05, 0) is 38.5 Å². The van der Waals surface area contributed by atoms with E-state index in [1.807, 2.05) is 0 Å². The maximum Gasteiger partial charge on any atom is 0.319 e. The van der Waals surface area contributed by atoms with E-state index in [-0.39, 0.29) is 5.97 Å². The van der Waals surface area contributed by atoms with Gasteiger partial charge in [-0.15, -0.1) is 0 Å². The first-order chi connectivity index (χ1) is 9.24. The largest absolute Gasteiger partial charge is 0.468 e. The van der Waals surface area contributed by atoms with Crippen molar-refractivity contribution in [2.24, 2.45) is 0 Å². The van der Waals surface area contributed by atoms with Gasteiger partial charge in [0, 0.05) is 19.2 Å². The van der Waals surface area contributed by atoms with E-state index in [9.17, 15) is 4.79 Å². The molecule has 0 aromatic rings. The zero-order valence-electron chi connectivity index (χ0n) is 12.3. The van der Waals surface area contributed by atoms with E-state index in [1.54, 1.807) is 7.11 Å². The second kappa shape index (κ2) is 7.25. The molecular formula is C15H27NO3. The third-order valence-corrected chi connectivity index (χ3v) is 4.73. The normalized spacial score (nSPS) is 28.8. The van der Waals surface area contributed by atoms with Gasteiger partial charge in [-0.3, -0.25) is 9.69 Å². The smallest absolute Gasteiger partial charge is 0.319 e. The van der Waals surface area contributed by atoms with Crippen LogP contribution in [-0.2, 0) is 14.3 Å². The Kier molecular flexibility index (Phi) is 5.64. The maximum atomic E-state index is 11.7. The van der Waals surface area contributed by atoms with E-state index in [4.69, 9.17) is 9.47 Å². The number of methoxy groups -OCH3 is 2. The van der Waals surface area contributed by atoms with Crippen molar-refractivity contribution in [2.45, 2.75) is 69.6 Å². The molecule has 0 aliphatic heterocycles. The molecule has 0 amide bonds. The van der Waals surface area contributed by atoms with Crippen LogP contribution >= 0.6 is 0 Å². The van der Waals surface area contributed by atoms with Gasteiger partial charge in [-0.2, -0.15) is 0 Å². The van der Waals surface area contributed by atoms with Gasteiger partial charge in [-0.25, -0.2) is 0 Å². The quantitative estimate of drug-likeness (QED) is 0.718. The predicted molar refractivity (Wildman–Crippen MR) is 74.0 cm³/mol. The Morgan fingerprint density at radius 2 is 1.74 bits per heavy atom. The van der Waals surface area contributed by atoms with Crippen molar-refractivity contribution in [1.29, 1.82) is 0 Å². The molecule has 2 saturated carbocycles. The summed E-state index contributed by atoms with van der Waals surface area (Å²) in [4.78, 5) is 14.1. The molecule has 0 radical (unpaired) electrons. The fourth-order valence-corrected chi connectivity index (χ4v) is 3.64. The first-order valence-electron chi connectivity index (χ1n) is 7.60. The standard InChI is InChI=1S/C15H27NO3/c1-18-14-9-5-8-13(10-14)16(11-15(17)19-2)12-6-3-4-7-12/h12-14H,3-11H2,1-2H3.